The molecule has 78 valence electrons. The summed E-state index contributed by atoms with van der Waals surface area (Å²) in [5.74, 6) is 0.684. The van der Waals surface area contributed by atoms with Crippen molar-refractivity contribution < 1.29 is 5.11 Å². The second-order valence-electron chi connectivity index (χ2n) is 4.29. The first-order chi connectivity index (χ1) is 6.11. The van der Waals surface area contributed by atoms with Gasteiger partial charge in [-0.05, 0) is 26.3 Å². The van der Waals surface area contributed by atoms with Crippen LogP contribution in [0, 0.1) is 5.92 Å². The number of nitrogens with one attached hydrogen (secondary N) is 1. The van der Waals surface area contributed by atoms with Crippen molar-refractivity contribution >= 4 is 0 Å². The average molecular weight is 186 g/mol. The number of aliphatic hydroxyl groups excluding tert-OH is 1. The van der Waals surface area contributed by atoms with Crippen molar-refractivity contribution in [3.8, 4) is 0 Å². The van der Waals surface area contributed by atoms with Crippen molar-refractivity contribution in [2.75, 3.05) is 26.2 Å². The highest BCUT2D eigenvalue weighted by Crippen LogP contribution is 2.09. The largest absolute Gasteiger partial charge is 0.392 e. The van der Waals surface area contributed by atoms with Crippen LogP contribution in [-0.2, 0) is 0 Å². The molecule has 0 saturated carbocycles. The lowest BCUT2D eigenvalue weighted by atomic mass is 10.1. The van der Waals surface area contributed by atoms with Crippen LogP contribution in [0.5, 0.6) is 0 Å². The summed E-state index contributed by atoms with van der Waals surface area (Å²) < 4.78 is 0. The lowest BCUT2D eigenvalue weighted by molar-refractivity contribution is 0.0689. The summed E-state index contributed by atoms with van der Waals surface area (Å²) in [5, 5.41) is 12.9. The lowest BCUT2D eigenvalue weighted by Gasteiger charge is -2.30. The number of rotatable bonds is 2. The predicted octanol–water partition coefficient (Wildman–Crippen LogP) is 0.297. The minimum absolute atomic E-state index is 0.231. The van der Waals surface area contributed by atoms with Crippen LogP contribution in [0.4, 0.5) is 0 Å². The SMILES string of the molecule is CC1CNCCN(C(C)C(C)O)C1. The van der Waals surface area contributed by atoms with Gasteiger partial charge in [0.2, 0.25) is 0 Å². The van der Waals surface area contributed by atoms with Gasteiger partial charge in [0.1, 0.15) is 0 Å². The highest BCUT2D eigenvalue weighted by molar-refractivity contribution is 4.77. The van der Waals surface area contributed by atoms with E-state index in [4.69, 9.17) is 0 Å². The zero-order valence-corrected chi connectivity index (χ0v) is 8.95. The molecule has 3 atom stereocenters. The Hall–Kier alpha value is -0.120. The third-order valence-corrected chi connectivity index (χ3v) is 2.89. The van der Waals surface area contributed by atoms with Crippen molar-refractivity contribution in [2.24, 2.45) is 5.92 Å². The van der Waals surface area contributed by atoms with E-state index in [0.717, 1.165) is 26.2 Å². The smallest absolute Gasteiger partial charge is 0.0664 e. The fourth-order valence-electron chi connectivity index (χ4n) is 1.80. The van der Waals surface area contributed by atoms with Crippen molar-refractivity contribution in [2.45, 2.75) is 32.9 Å². The Balaban J connectivity index is 2.47. The maximum Gasteiger partial charge on any atom is 0.0664 e. The first-order valence-electron chi connectivity index (χ1n) is 5.24. The van der Waals surface area contributed by atoms with Crippen molar-refractivity contribution in [3.05, 3.63) is 0 Å². The zero-order chi connectivity index (χ0) is 9.84. The molecular weight excluding hydrogens is 164 g/mol. The molecule has 1 aliphatic rings. The van der Waals surface area contributed by atoms with Crippen LogP contribution in [0.25, 0.3) is 0 Å². The molecule has 0 bridgehead atoms. The first kappa shape index (κ1) is 11.0. The Morgan fingerprint density at radius 2 is 2.15 bits per heavy atom. The normalized spacial score (nSPS) is 30.9. The monoisotopic (exact) mass is 186 g/mol. The fourth-order valence-corrected chi connectivity index (χ4v) is 1.80. The van der Waals surface area contributed by atoms with E-state index in [9.17, 15) is 5.11 Å². The predicted molar refractivity (Wildman–Crippen MR) is 54.7 cm³/mol. The molecule has 3 nitrogen and oxygen atoms in total. The molecule has 3 unspecified atom stereocenters. The van der Waals surface area contributed by atoms with Gasteiger partial charge in [0.05, 0.1) is 6.10 Å². The molecule has 0 amide bonds. The Kier molecular flexibility index (Phi) is 4.16. The molecule has 2 N–H and O–H groups in total. The molecule has 0 aliphatic carbocycles. The number of hydrogen-bond donors (Lipinski definition) is 2. The molecule has 0 aromatic carbocycles. The minimum atomic E-state index is -0.231. The van der Waals surface area contributed by atoms with Gasteiger partial charge in [0.25, 0.3) is 0 Å². The number of nitrogens with zero attached hydrogens (tertiary/aromatic N) is 1. The van der Waals surface area contributed by atoms with Gasteiger partial charge in [-0.15, -0.1) is 0 Å². The fraction of sp³-hybridized carbons (Fsp3) is 1.00. The summed E-state index contributed by atoms with van der Waals surface area (Å²) in [6, 6.07) is 0.280. The van der Waals surface area contributed by atoms with Crippen LogP contribution in [0.15, 0.2) is 0 Å². The highest BCUT2D eigenvalue weighted by atomic mass is 16.3. The third kappa shape index (κ3) is 3.25. The molecule has 0 aromatic rings. The van der Waals surface area contributed by atoms with E-state index < -0.39 is 0 Å². The van der Waals surface area contributed by atoms with Gasteiger partial charge >= 0.3 is 0 Å². The van der Waals surface area contributed by atoms with Crippen LogP contribution in [0.3, 0.4) is 0 Å². The van der Waals surface area contributed by atoms with E-state index >= 15 is 0 Å². The molecule has 0 radical (unpaired) electrons. The number of aliphatic hydroxyl groups is 1. The molecule has 1 fully saturated rings. The van der Waals surface area contributed by atoms with Crippen LogP contribution < -0.4 is 5.32 Å². The van der Waals surface area contributed by atoms with Crippen LogP contribution in [-0.4, -0.2) is 48.3 Å². The molecule has 0 spiro atoms. The minimum Gasteiger partial charge on any atom is -0.392 e. The van der Waals surface area contributed by atoms with Crippen molar-refractivity contribution in [1.29, 1.82) is 0 Å². The third-order valence-electron chi connectivity index (χ3n) is 2.89. The van der Waals surface area contributed by atoms with Gasteiger partial charge in [0.15, 0.2) is 0 Å². The zero-order valence-electron chi connectivity index (χ0n) is 8.95. The van der Waals surface area contributed by atoms with Crippen LogP contribution >= 0.6 is 0 Å². The molecule has 1 aliphatic heterocycles. The van der Waals surface area contributed by atoms with Crippen LogP contribution in [0.1, 0.15) is 20.8 Å². The van der Waals surface area contributed by atoms with Gasteiger partial charge in [-0.2, -0.15) is 0 Å². The Morgan fingerprint density at radius 3 is 2.77 bits per heavy atom. The standard InChI is InChI=1S/C10H22N2O/c1-8-6-11-4-5-12(7-8)9(2)10(3)13/h8-11,13H,4-7H2,1-3H3. The first-order valence-corrected chi connectivity index (χ1v) is 5.24. The molecule has 13 heavy (non-hydrogen) atoms. The number of hydrogen-bond acceptors (Lipinski definition) is 3. The molecule has 0 aromatic heterocycles. The highest BCUT2D eigenvalue weighted by Gasteiger charge is 2.21. The quantitative estimate of drug-likeness (QED) is 0.651. The Morgan fingerprint density at radius 1 is 1.46 bits per heavy atom. The van der Waals surface area contributed by atoms with E-state index in [1.807, 2.05) is 6.92 Å². The summed E-state index contributed by atoms with van der Waals surface area (Å²) in [4.78, 5) is 2.37. The summed E-state index contributed by atoms with van der Waals surface area (Å²) in [6.07, 6.45) is -0.231. The lowest BCUT2D eigenvalue weighted by Crippen LogP contribution is -2.43. The van der Waals surface area contributed by atoms with Gasteiger partial charge in [-0.25, -0.2) is 0 Å². The summed E-state index contributed by atoms with van der Waals surface area (Å²) in [5.41, 5.74) is 0. The maximum absolute atomic E-state index is 9.49. The Labute approximate surface area is 81.1 Å². The van der Waals surface area contributed by atoms with Crippen LogP contribution in [0.2, 0.25) is 0 Å². The average Bonchev–Trinajstić information content (AvgIpc) is 2.28. The summed E-state index contributed by atoms with van der Waals surface area (Å²) >= 11 is 0. The second kappa shape index (κ2) is 4.94. The van der Waals surface area contributed by atoms with E-state index in [0.29, 0.717) is 5.92 Å². The topological polar surface area (TPSA) is 35.5 Å². The molecule has 1 heterocycles. The van der Waals surface area contributed by atoms with Gasteiger partial charge < -0.3 is 10.4 Å². The van der Waals surface area contributed by atoms with E-state index in [-0.39, 0.29) is 12.1 Å². The van der Waals surface area contributed by atoms with E-state index in [2.05, 4.69) is 24.1 Å². The van der Waals surface area contributed by atoms with Crippen molar-refractivity contribution in [3.63, 3.8) is 0 Å². The Bertz CT molecular complexity index is 150. The summed E-state index contributed by atoms with van der Waals surface area (Å²) in [7, 11) is 0. The van der Waals surface area contributed by atoms with E-state index in [1.54, 1.807) is 0 Å². The maximum atomic E-state index is 9.49. The molecule has 1 rings (SSSR count). The van der Waals surface area contributed by atoms with Gasteiger partial charge in [-0.3, -0.25) is 4.90 Å². The van der Waals surface area contributed by atoms with Gasteiger partial charge in [-0.1, -0.05) is 6.92 Å². The van der Waals surface area contributed by atoms with E-state index in [1.165, 1.54) is 0 Å². The summed E-state index contributed by atoms with van der Waals surface area (Å²) in [6.45, 7) is 10.5. The van der Waals surface area contributed by atoms with Gasteiger partial charge in [0, 0.05) is 25.7 Å². The molecular formula is C10H22N2O. The molecule has 3 heteroatoms. The van der Waals surface area contributed by atoms with Crippen molar-refractivity contribution in [1.82, 2.24) is 10.2 Å². The second-order valence-corrected chi connectivity index (χ2v) is 4.29. The molecule has 1 saturated heterocycles.